The SMILES string of the molecule is CCC[CH2][Sn+]([CH2]CCC)[CH2]CCC.[N-]=[N+]=[N-].c1ccc(C(c2ccccc2)c2nnn[nH]2)cc1. The molecule has 1 aromatic heterocycles. The summed E-state index contributed by atoms with van der Waals surface area (Å²) in [6, 6.07) is 20.4. The molecule has 3 aromatic rings. The Balaban J connectivity index is 0.000000321. The summed E-state index contributed by atoms with van der Waals surface area (Å²) in [5, 5.41) is 14.3. The molecular weight excluding hydrogens is 529 g/mol. The standard InChI is InChI=1S/C14H12N4.3C4H9.N3.Sn/c1-3-7-11(8-4-1)13(14-15-17-18-16-14)12-9-5-2-6-10-12;3*1-3-4-2;1-3-2;/h1-10,13H,(H,15,16,17,18);3*1,3-4H2,2H3;;/q;;;;-1;+1. The quantitative estimate of drug-likeness (QED) is 0.103. The molecule has 0 saturated heterocycles. The number of nitrogens with zero attached hydrogens (tertiary/aromatic N) is 6. The Labute approximate surface area is 211 Å². The third-order valence-corrected chi connectivity index (χ3v) is 14.6. The third-order valence-electron chi connectivity index (χ3n) is 5.55. The summed E-state index contributed by atoms with van der Waals surface area (Å²) in [5.74, 6) is 0.801. The van der Waals surface area contributed by atoms with E-state index in [0.29, 0.717) is 0 Å². The molecule has 8 heteroatoms. The van der Waals surface area contributed by atoms with E-state index >= 15 is 0 Å². The Bertz CT molecular complexity index is 808. The second-order valence-corrected chi connectivity index (χ2v) is 16.8. The molecule has 1 N–H and O–H groups in total. The van der Waals surface area contributed by atoms with E-state index in [1.165, 1.54) is 54.6 Å². The van der Waals surface area contributed by atoms with Gasteiger partial charge in [0.1, 0.15) is 0 Å². The van der Waals surface area contributed by atoms with Gasteiger partial charge in [0.2, 0.25) is 0 Å². The smallest absolute Gasteiger partial charge is 0.160 e. The molecule has 34 heavy (non-hydrogen) atoms. The van der Waals surface area contributed by atoms with Crippen LogP contribution in [-0.4, -0.2) is 40.4 Å². The van der Waals surface area contributed by atoms with Crippen LogP contribution in [0.5, 0.6) is 0 Å². The number of aromatic amines is 1. The third kappa shape index (κ3) is 12.2. The summed E-state index contributed by atoms with van der Waals surface area (Å²) in [7, 11) is 0. The van der Waals surface area contributed by atoms with Crippen LogP contribution in [0.25, 0.3) is 16.0 Å². The molecule has 0 saturated carbocycles. The summed E-state index contributed by atoms with van der Waals surface area (Å²) in [4.78, 5) is 1.50. The predicted octanol–water partition coefficient (Wildman–Crippen LogP) is 8.13. The summed E-state index contributed by atoms with van der Waals surface area (Å²) in [5.41, 5.74) is 15.8. The molecule has 0 aliphatic heterocycles. The molecule has 0 amide bonds. The summed E-state index contributed by atoms with van der Waals surface area (Å²) < 4.78 is 5.04. The van der Waals surface area contributed by atoms with Crippen molar-refractivity contribution in [3.05, 3.63) is 93.6 Å². The van der Waals surface area contributed by atoms with Crippen molar-refractivity contribution in [2.45, 2.75) is 78.5 Å². The van der Waals surface area contributed by atoms with E-state index in [1.807, 2.05) is 36.4 Å². The van der Waals surface area contributed by atoms with Gasteiger partial charge in [0.25, 0.3) is 0 Å². The van der Waals surface area contributed by atoms with E-state index in [1.54, 1.807) is 13.3 Å². The summed E-state index contributed by atoms with van der Waals surface area (Å²) >= 11 is -0.839. The van der Waals surface area contributed by atoms with Crippen molar-refractivity contribution in [1.29, 1.82) is 0 Å². The Morgan fingerprint density at radius 1 is 0.765 bits per heavy atom. The van der Waals surface area contributed by atoms with Crippen LogP contribution >= 0.6 is 0 Å². The Morgan fingerprint density at radius 2 is 1.18 bits per heavy atom. The van der Waals surface area contributed by atoms with Crippen molar-refractivity contribution < 1.29 is 0 Å². The molecular formula is C26H39N7Sn. The predicted molar refractivity (Wildman–Crippen MR) is 143 cm³/mol. The number of aromatic nitrogens is 4. The molecule has 0 radical (unpaired) electrons. The van der Waals surface area contributed by atoms with Gasteiger partial charge in [0.05, 0.1) is 5.92 Å². The van der Waals surface area contributed by atoms with E-state index in [-0.39, 0.29) is 5.92 Å². The zero-order valence-electron chi connectivity index (χ0n) is 20.9. The van der Waals surface area contributed by atoms with Crippen LogP contribution in [-0.2, 0) is 0 Å². The molecule has 1 heterocycles. The average molecular weight is 568 g/mol. The van der Waals surface area contributed by atoms with Gasteiger partial charge in [-0.05, 0) is 21.6 Å². The second kappa shape index (κ2) is 20.0. The van der Waals surface area contributed by atoms with Crippen LogP contribution in [0.2, 0.25) is 13.3 Å². The first-order valence-corrected chi connectivity index (χ1v) is 18.4. The fraction of sp³-hybridized carbons (Fsp3) is 0.500. The average Bonchev–Trinajstić information content (AvgIpc) is 3.40. The molecule has 3 rings (SSSR count). The number of tetrazole rings is 1. The first-order chi connectivity index (χ1) is 16.7. The summed E-state index contributed by atoms with van der Waals surface area (Å²) in [6.07, 6.45) is 8.85. The number of unbranched alkanes of at least 4 members (excludes halogenated alkanes) is 3. The van der Waals surface area contributed by atoms with Crippen LogP contribution in [0.1, 0.15) is 82.2 Å². The van der Waals surface area contributed by atoms with E-state index in [0.717, 1.165) is 5.82 Å². The number of hydrogen-bond acceptors (Lipinski definition) is 3. The Kier molecular flexibility index (Phi) is 17.5. The zero-order chi connectivity index (χ0) is 24.9. The van der Waals surface area contributed by atoms with Gasteiger partial charge in [-0.1, -0.05) is 60.7 Å². The maximum atomic E-state index is 6.75. The number of H-pyrrole nitrogens is 1. The van der Waals surface area contributed by atoms with E-state index < -0.39 is 19.8 Å². The normalized spacial score (nSPS) is 9.88. The minimum atomic E-state index is -0.839. The molecule has 0 bridgehead atoms. The fourth-order valence-corrected chi connectivity index (χ4v) is 13.2. The van der Waals surface area contributed by atoms with Crippen molar-refractivity contribution in [2.75, 3.05) is 0 Å². The van der Waals surface area contributed by atoms with Crippen LogP contribution in [0.4, 0.5) is 0 Å². The molecule has 0 atom stereocenters. The maximum absolute atomic E-state index is 6.75. The molecule has 0 unspecified atom stereocenters. The van der Waals surface area contributed by atoms with Gasteiger partial charge in [-0.3, -0.25) is 4.91 Å². The van der Waals surface area contributed by atoms with Crippen molar-refractivity contribution >= 4 is 19.8 Å². The molecule has 2 aromatic carbocycles. The van der Waals surface area contributed by atoms with Gasteiger partial charge in [0.15, 0.2) is 5.82 Å². The topological polar surface area (TPSA) is 113 Å². The van der Waals surface area contributed by atoms with Gasteiger partial charge in [0, 0.05) is 0 Å². The van der Waals surface area contributed by atoms with Gasteiger partial charge >= 0.3 is 92.4 Å². The first-order valence-electron chi connectivity index (χ1n) is 12.4. The van der Waals surface area contributed by atoms with E-state index in [2.05, 4.69) is 65.7 Å². The first kappa shape index (κ1) is 29.7. The largest absolute Gasteiger partial charge is 0.373 e. The van der Waals surface area contributed by atoms with Crippen molar-refractivity contribution in [2.24, 2.45) is 0 Å². The van der Waals surface area contributed by atoms with Gasteiger partial charge in [-0.25, -0.2) is 5.10 Å². The minimum absolute atomic E-state index is 0.0439. The van der Waals surface area contributed by atoms with Crippen LogP contribution < -0.4 is 0 Å². The van der Waals surface area contributed by atoms with Gasteiger partial charge in [-0.15, -0.1) is 5.10 Å². The maximum Gasteiger partial charge on any atom is 0.160 e. The molecule has 0 fully saturated rings. The van der Waals surface area contributed by atoms with Crippen molar-refractivity contribution in [3.63, 3.8) is 0 Å². The molecule has 7 nitrogen and oxygen atoms in total. The number of nitrogens with one attached hydrogen (secondary N) is 1. The molecule has 182 valence electrons. The van der Waals surface area contributed by atoms with Gasteiger partial charge in [-0.2, -0.15) is 0 Å². The molecule has 0 spiro atoms. The van der Waals surface area contributed by atoms with Crippen LogP contribution in [0.15, 0.2) is 60.7 Å². The second-order valence-electron chi connectivity index (χ2n) is 8.19. The van der Waals surface area contributed by atoms with Gasteiger partial charge < -0.3 is 11.1 Å². The molecule has 0 aliphatic carbocycles. The Morgan fingerprint density at radius 3 is 1.50 bits per heavy atom. The molecule has 0 aliphatic rings. The number of hydrogen-bond donors (Lipinski definition) is 1. The summed E-state index contributed by atoms with van der Waals surface area (Å²) in [6.45, 7) is 7.00. The minimum Gasteiger partial charge on any atom is -0.373 e. The monoisotopic (exact) mass is 569 g/mol. The van der Waals surface area contributed by atoms with Crippen LogP contribution in [0.3, 0.4) is 0 Å². The number of benzene rings is 2. The van der Waals surface area contributed by atoms with Crippen LogP contribution in [0, 0.1) is 0 Å². The van der Waals surface area contributed by atoms with Crippen molar-refractivity contribution in [3.8, 4) is 0 Å². The van der Waals surface area contributed by atoms with E-state index in [9.17, 15) is 0 Å². The fourth-order valence-electron chi connectivity index (χ4n) is 3.74. The van der Waals surface area contributed by atoms with Crippen molar-refractivity contribution in [1.82, 2.24) is 20.6 Å². The van der Waals surface area contributed by atoms with E-state index in [4.69, 9.17) is 11.1 Å². The Hall–Kier alpha value is -2.38. The number of rotatable bonds is 12. The zero-order valence-corrected chi connectivity index (χ0v) is 23.8.